The SMILES string of the molecule is CC(C)C(NC(=O)NCC(C)(C)OC(=O)Cc1ccc(O)cc1)C(=O)N1CCC(c2ccc(Cl)cc2)C(C)(C)C1. The quantitative estimate of drug-likeness (QED) is 0.355. The summed E-state index contributed by atoms with van der Waals surface area (Å²) in [7, 11) is 0. The fourth-order valence-electron chi connectivity index (χ4n) is 5.21. The van der Waals surface area contributed by atoms with Crippen molar-refractivity contribution < 1.29 is 24.2 Å². The van der Waals surface area contributed by atoms with Gasteiger partial charge in [-0.1, -0.05) is 63.6 Å². The number of phenolic OH excluding ortho intramolecular Hbond substituents is 1. The van der Waals surface area contributed by atoms with Gasteiger partial charge in [0, 0.05) is 18.1 Å². The summed E-state index contributed by atoms with van der Waals surface area (Å²) >= 11 is 6.07. The fourth-order valence-corrected chi connectivity index (χ4v) is 5.34. The van der Waals surface area contributed by atoms with E-state index in [2.05, 4.69) is 36.6 Å². The molecular weight excluding hydrogens is 530 g/mol. The molecule has 0 spiro atoms. The third-order valence-corrected chi connectivity index (χ3v) is 7.63. The van der Waals surface area contributed by atoms with Crippen LogP contribution in [0.1, 0.15) is 65.0 Å². The van der Waals surface area contributed by atoms with Crippen molar-refractivity contribution in [2.24, 2.45) is 11.3 Å². The number of benzene rings is 2. The van der Waals surface area contributed by atoms with E-state index in [0.29, 0.717) is 29.6 Å². The number of carbonyl (C=O) groups excluding carboxylic acids is 3. The first-order valence-corrected chi connectivity index (χ1v) is 14.1. The van der Waals surface area contributed by atoms with E-state index >= 15 is 0 Å². The molecule has 40 heavy (non-hydrogen) atoms. The molecule has 1 fully saturated rings. The minimum atomic E-state index is -0.962. The molecule has 9 heteroatoms. The molecule has 2 aromatic rings. The molecule has 2 aromatic carbocycles. The number of hydrogen-bond donors (Lipinski definition) is 3. The number of piperidine rings is 1. The molecule has 0 aromatic heterocycles. The van der Waals surface area contributed by atoms with E-state index in [-0.39, 0.29) is 36.0 Å². The van der Waals surface area contributed by atoms with Gasteiger partial charge in [-0.05, 0) is 72.9 Å². The normalized spacial score (nSPS) is 17.7. The smallest absolute Gasteiger partial charge is 0.315 e. The molecule has 0 bridgehead atoms. The highest BCUT2D eigenvalue weighted by Crippen LogP contribution is 2.42. The first-order chi connectivity index (χ1) is 18.7. The molecule has 0 aliphatic carbocycles. The highest BCUT2D eigenvalue weighted by Gasteiger charge is 2.40. The summed E-state index contributed by atoms with van der Waals surface area (Å²) in [6.45, 7) is 12.8. The Balaban J connectivity index is 1.54. The number of esters is 1. The number of phenols is 1. The van der Waals surface area contributed by atoms with Gasteiger partial charge < -0.3 is 25.4 Å². The number of likely N-dealkylation sites (tertiary alicyclic amines) is 1. The summed E-state index contributed by atoms with van der Waals surface area (Å²) < 4.78 is 5.57. The van der Waals surface area contributed by atoms with Crippen LogP contribution in [-0.4, -0.2) is 59.2 Å². The Hall–Kier alpha value is -3.26. The number of ether oxygens (including phenoxy) is 1. The molecule has 1 aliphatic heterocycles. The standard InChI is InChI=1S/C31H42ClN3O5/c1-20(2)27(28(38)35-16-15-25(30(3,4)19-35)22-9-11-23(32)12-10-22)34-29(39)33-18-31(5,6)40-26(37)17-21-7-13-24(36)14-8-21/h7-14,20,25,27,36H,15-19H2,1-6H3,(H2,33,34,39). The van der Waals surface area contributed by atoms with Gasteiger partial charge in [-0.3, -0.25) is 9.59 Å². The van der Waals surface area contributed by atoms with Gasteiger partial charge in [0.15, 0.2) is 0 Å². The third kappa shape index (κ3) is 8.62. The summed E-state index contributed by atoms with van der Waals surface area (Å²) in [5.41, 5.74) is 0.810. The van der Waals surface area contributed by atoms with Crippen molar-refractivity contribution in [2.75, 3.05) is 19.6 Å². The van der Waals surface area contributed by atoms with Crippen LogP contribution in [-0.2, 0) is 20.7 Å². The molecule has 2 unspecified atom stereocenters. The van der Waals surface area contributed by atoms with E-state index in [9.17, 15) is 19.5 Å². The van der Waals surface area contributed by atoms with Crippen molar-refractivity contribution in [1.29, 1.82) is 0 Å². The van der Waals surface area contributed by atoms with Crippen molar-refractivity contribution in [3.8, 4) is 5.75 Å². The van der Waals surface area contributed by atoms with Crippen LogP contribution in [0.4, 0.5) is 4.79 Å². The van der Waals surface area contributed by atoms with Gasteiger partial charge in [-0.2, -0.15) is 0 Å². The molecule has 1 heterocycles. The van der Waals surface area contributed by atoms with Crippen LogP contribution in [0.3, 0.4) is 0 Å². The molecule has 2 atom stereocenters. The predicted molar refractivity (Wildman–Crippen MR) is 156 cm³/mol. The van der Waals surface area contributed by atoms with Crippen LogP contribution in [0.25, 0.3) is 0 Å². The number of carbonyl (C=O) groups is 3. The Morgan fingerprint density at radius 3 is 2.30 bits per heavy atom. The van der Waals surface area contributed by atoms with Crippen LogP contribution in [0.2, 0.25) is 5.02 Å². The highest BCUT2D eigenvalue weighted by molar-refractivity contribution is 6.30. The van der Waals surface area contributed by atoms with Gasteiger partial charge in [0.2, 0.25) is 5.91 Å². The number of nitrogens with zero attached hydrogens (tertiary/aromatic N) is 1. The van der Waals surface area contributed by atoms with Crippen LogP contribution in [0.5, 0.6) is 5.75 Å². The van der Waals surface area contributed by atoms with Gasteiger partial charge in [0.25, 0.3) is 0 Å². The molecule has 0 radical (unpaired) electrons. The van der Waals surface area contributed by atoms with Crippen molar-refractivity contribution >= 4 is 29.5 Å². The lowest BCUT2D eigenvalue weighted by Crippen LogP contribution is -2.58. The van der Waals surface area contributed by atoms with Crippen molar-refractivity contribution in [3.05, 3.63) is 64.7 Å². The van der Waals surface area contributed by atoms with Crippen molar-refractivity contribution in [2.45, 2.75) is 71.9 Å². The first-order valence-electron chi connectivity index (χ1n) is 13.8. The maximum absolute atomic E-state index is 13.6. The molecule has 218 valence electrons. The summed E-state index contributed by atoms with van der Waals surface area (Å²) in [6, 6.07) is 13.1. The van der Waals surface area contributed by atoms with Crippen LogP contribution in [0, 0.1) is 11.3 Å². The summed E-state index contributed by atoms with van der Waals surface area (Å²) in [6.07, 6.45) is 0.867. The number of halogens is 1. The zero-order valence-electron chi connectivity index (χ0n) is 24.3. The van der Waals surface area contributed by atoms with Crippen molar-refractivity contribution in [3.63, 3.8) is 0 Å². The number of urea groups is 1. The van der Waals surface area contributed by atoms with E-state index in [1.165, 1.54) is 17.7 Å². The van der Waals surface area contributed by atoms with E-state index in [0.717, 1.165) is 6.42 Å². The number of aromatic hydroxyl groups is 1. The van der Waals surface area contributed by atoms with Gasteiger partial charge in [-0.25, -0.2) is 4.79 Å². The zero-order chi connectivity index (χ0) is 29.7. The molecule has 1 aliphatic rings. The van der Waals surface area contributed by atoms with E-state index in [1.807, 2.05) is 30.9 Å². The van der Waals surface area contributed by atoms with Gasteiger partial charge in [0.1, 0.15) is 17.4 Å². The number of rotatable bonds is 9. The first kappa shape index (κ1) is 31.3. The molecule has 3 rings (SSSR count). The molecule has 3 N–H and O–H groups in total. The van der Waals surface area contributed by atoms with E-state index < -0.39 is 23.6 Å². The summed E-state index contributed by atoms with van der Waals surface area (Å²) in [5, 5.41) is 15.7. The monoisotopic (exact) mass is 571 g/mol. The Labute approximate surface area is 242 Å². The predicted octanol–water partition coefficient (Wildman–Crippen LogP) is 5.28. The van der Waals surface area contributed by atoms with E-state index in [1.54, 1.807) is 26.0 Å². The minimum Gasteiger partial charge on any atom is -0.508 e. The van der Waals surface area contributed by atoms with Crippen molar-refractivity contribution in [1.82, 2.24) is 15.5 Å². The van der Waals surface area contributed by atoms with Crippen LogP contribution < -0.4 is 10.6 Å². The second kappa shape index (κ2) is 12.9. The molecule has 1 saturated heterocycles. The third-order valence-electron chi connectivity index (χ3n) is 7.38. The Morgan fingerprint density at radius 2 is 1.73 bits per heavy atom. The minimum absolute atomic E-state index is 0.0465. The van der Waals surface area contributed by atoms with Crippen LogP contribution >= 0.6 is 11.6 Å². The average Bonchev–Trinajstić information content (AvgIpc) is 2.86. The lowest BCUT2D eigenvalue weighted by molar-refractivity contribution is -0.155. The molecular formula is C31H42ClN3O5. The molecule has 8 nitrogen and oxygen atoms in total. The number of nitrogens with one attached hydrogen (secondary N) is 2. The highest BCUT2D eigenvalue weighted by atomic mass is 35.5. The second-order valence-electron chi connectivity index (χ2n) is 12.3. The average molecular weight is 572 g/mol. The van der Waals surface area contributed by atoms with Gasteiger partial charge in [-0.15, -0.1) is 0 Å². The maximum Gasteiger partial charge on any atom is 0.315 e. The summed E-state index contributed by atoms with van der Waals surface area (Å²) in [4.78, 5) is 40.7. The summed E-state index contributed by atoms with van der Waals surface area (Å²) in [5.74, 6) is -0.254. The molecule has 0 saturated carbocycles. The largest absolute Gasteiger partial charge is 0.508 e. The topological polar surface area (TPSA) is 108 Å². The van der Waals surface area contributed by atoms with Crippen LogP contribution in [0.15, 0.2) is 48.5 Å². The maximum atomic E-state index is 13.6. The molecule has 3 amide bonds. The number of hydrogen-bond acceptors (Lipinski definition) is 5. The Bertz CT molecular complexity index is 1180. The van der Waals surface area contributed by atoms with E-state index in [4.69, 9.17) is 16.3 Å². The number of amides is 3. The second-order valence-corrected chi connectivity index (χ2v) is 12.7. The lowest BCUT2D eigenvalue weighted by atomic mass is 9.70. The fraction of sp³-hybridized carbons (Fsp3) is 0.516. The lowest BCUT2D eigenvalue weighted by Gasteiger charge is -2.45. The Morgan fingerprint density at radius 1 is 1.10 bits per heavy atom. The van der Waals surface area contributed by atoms with Gasteiger partial charge >= 0.3 is 12.0 Å². The zero-order valence-corrected chi connectivity index (χ0v) is 25.0. The Kier molecular flexibility index (Phi) is 10.1. The van der Waals surface area contributed by atoms with Gasteiger partial charge in [0.05, 0.1) is 13.0 Å².